The fraction of sp³-hybridized carbons (Fsp3) is 0.125. The van der Waals surface area contributed by atoms with E-state index in [2.05, 4.69) is 47.4 Å². The van der Waals surface area contributed by atoms with Crippen molar-refractivity contribution in [2.45, 2.75) is 6.54 Å². The van der Waals surface area contributed by atoms with Crippen LogP contribution in [0.3, 0.4) is 0 Å². The number of benzene rings is 2. The summed E-state index contributed by atoms with van der Waals surface area (Å²) in [4.78, 5) is 5.51. The number of nitrogens with zero attached hydrogens (tertiary/aromatic N) is 1. The Hall–Kier alpha value is -2.42. The Bertz CT molecular complexity index is 700. The molecule has 0 bridgehead atoms. The van der Waals surface area contributed by atoms with Crippen molar-refractivity contribution in [2.75, 3.05) is 17.7 Å². The van der Waals surface area contributed by atoms with Crippen LogP contribution < -0.4 is 10.6 Å². The van der Waals surface area contributed by atoms with E-state index < -0.39 is 0 Å². The summed E-state index contributed by atoms with van der Waals surface area (Å²) < 4.78 is 0. The fourth-order valence-electron chi connectivity index (χ4n) is 2.37. The minimum atomic E-state index is 0.795. The van der Waals surface area contributed by atoms with Crippen LogP contribution in [0.25, 0.3) is 10.9 Å². The molecule has 0 amide bonds. The van der Waals surface area contributed by atoms with Crippen molar-refractivity contribution < 1.29 is 0 Å². The molecule has 0 saturated heterocycles. The molecular weight excluding hydrogens is 234 g/mol. The van der Waals surface area contributed by atoms with Crippen molar-refractivity contribution in [1.29, 1.82) is 0 Å². The number of aromatic amines is 1. The molecule has 3 aromatic rings. The monoisotopic (exact) mass is 251 g/mol. The van der Waals surface area contributed by atoms with Gasteiger partial charge in [0.25, 0.3) is 0 Å². The molecule has 0 atom stereocenters. The lowest BCUT2D eigenvalue weighted by Gasteiger charge is -2.19. The van der Waals surface area contributed by atoms with Crippen LogP contribution in [0, 0.1) is 0 Å². The number of rotatable bonds is 3. The van der Waals surface area contributed by atoms with E-state index in [0.717, 1.165) is 17.9 Å². The van der Waals surface area contributed by atoms with Crippen LogP contribution in [0.15, 0.2) is 54.7 Å². The van der Waals surface area contributed by atoms with Crippen LogP contribution in [-0.2, 0) is 6.54 Å². The van der Waals surface area contributed by atoms with Gasteiger partial charge in [-0.3, -0.25) is 0 Å². The molecule has 0 aliphatic heterocycles. The van der Waals surface area contributed by atoms with E-state index in [1.807, 2.05) is 24.3 Å². The smallest absolute Gasteiger partial charge is 0.0457 e. The summed E-state index contributed by atoms with van der Waals surface area (Å²) in [6, 6.07) is 16.3. The molecule has 1 heterocycles. The molecule has 3 heteroatoms. The van der Waals surface area contributed by atoms with E-state index >= 15 is 0 Å². The van der Waals surface area contributed by atoms with Gasteiger partial charge in [0.15, 0.2) is 0 Å². The Morgan fingerprint density at radius 2 is 1.95 bits per heavy atom. The zero-order valence-corrected chi connectivity index (χ0v) is 10.9. The number of H-pyrrole nitrogens is 1. The first-order chi connectivity index (χ1) is 9.24. The molecular formula is C16H17N3. The average Bonchev–Trinajstić information content (AvgIpc) is 2.82. The number of aromatic nitrogens is 1. The fourth-order valence-corrected chi connectivity index (χ4v) is 2.37. The van der Waals surface area contributed by atoms with Gasteiger partial charge in [-0.05, 0) is 29.8 Å². The van der Waals surface area contributed by atoms with E-state index in [9.17, 15) is 0 Å². The lowest BCUT2D eigenvalue weighted by Crippen LogP contribution is -2.16. The Morgan fingerprint density at radius 3 is 2.79 bits per heavy atom. The van der Waals surface area contributed by atoms with Gasteiger partial charge in [-0.25, -0.2) is 0 Å². The van der Waals surface area contributed by atoms with Gasteiger partial charge in [0.2, 0.25) is 0 Å². The maximum atomic E-state index is 5.83. The number of nitrogens with two attached hydrogens (primary N) is 1. The first-order valence-corrected chi connectivity index (χ1v) is 6.36. The summed E-state index contributed by atoms with van der Waals surface area (Å²) in [6.07, 6.45) is 2.08. The molecule has 0 aliphatic carbocycles. The van der Waals surface area contributed by atoms with Crippen LogP contribution in [0.5, 0.6) is 0 Å². The Kier molecular flexibility index (Phi) is 2.88. The van der Waals surface area contributed by atoms with Crippen LogP contribution in [0.2, 0.25) is 0 Å². The Labute approximate surface area is 112 Å². The van der Waals surface area contributed by atoms with Crippen molar-refractivity contribution in [2.24, 2.45) is 0 Å². The molecule has 0 aliphatic rings. The molecule has 3 N–H and O–H groups in total. The molecule has 0 saturated carbocycles. The minimum absolute atomic E-state index is 0.795. The molecule has 0 fully saturated rings. The van der Waals surface area contributed by atoms with Crippen molar-refractivity contribution in [3.05, 3.63) is 60.3 Å². The number of nitrogens with one attached hydrogen (secondary N) is 1. The van der Waals surface area contributed by atoms with Crippen molar-refractivity contribution in [3.8, 4) is 0 Å². The zero-order chi connectivity index (χ0) is 13.2. The van der Waals surface area contributed by atoms with Crippen molar-refractivity contribution >= 4 is 22.3 Å². The minimum Gasteiger partial charge on any atom is -0.399 e. The summed E-state index contributed by atoms with van der Waals surface area (Å²) in [6.45, 7) is 0.855. The topological polar surface area (TPSA) is 45.0 Å². The highest BCUT2D eigenvalue weighted by atomic mass is 15.1. The third-order valence-electron chi connectivity index (χ3n) is 3.39. The van der Waals surface area contributed by atoms with E-state index in [4.69, 9.17) is 5.73 Å². The predicted molar refractivity (Wildman–Crippen MR) is 81.3 cm³/mol. The van der Waals surface area contributed by atoms with E-state index in [0.29, 0.717) is 0 Å². The zero-order valence-electron chi connectivity index (χ0n) is 10.9. The predicted octanol–water partition coefficient (Wildman–Crippen LogP) is 3.39. The summed E-state index contributed by atoms with van der Waals surface area (Å²) in [5, 5.41) is 1.28. The maximum Gasteiger partial charge on any atom is 0.0457 e. The molecule has 1 aromatic heterocycles. The molecule has 3 nitrogen and oxygen atoms in total. The van der Waals surface area contributed by atoms with Gasteiger partial charge in [-0.1, -0.05) is 24.3 Å². The summed E-state index contributed by atoms with van der Waals surface area (Å²) in [5.41, 5.74) is 10.2. The summed E-state index contributed by atoms with van der Waals surface area (Å²) in [5.74, 6) is 0. The lowest BCUT2D eigenvalue weighted by molar-refractivity contribution is 0.930. The van der Waals surface area contributed by atoms with Gasteiger partial charge in [0.1, 0.15) is 0 Å². The third-order valence-corrected chi connectivity index (χ3v) is 3.39. The Balaban J connectivity index is 1.89. The second-order valence-electron chi connectivity index (χ2n) is 4.81. The third kappa shape index (κ3) is 2.27. The second-order valence-corrected chi connectivity index (χ2v) is 4.81. The number of fused-ring (bicyclic) bond motifs is 1. The van der Waals surface area contributed by atoms with Crippen LogP contribution >= 0.6 is 0 Å². The van der Waals surface area contributed by atoms with Crippen molar-refractivity contribution in [3.63, 3.8) is 0 Å². The lowest BCUT2D eigenvalue weighted by atomic mass is 10.1. The highest BCUT2D eigenvalue weighted by Gasteiger charge is 2.07. The standard InChI is InChI=1S/C16H17N3/c1-19(14-6-4-5-13(17)9-14)11-12-10-18-16-8-3-2-7-15(12)16/h2-10,18H,11,17H2,1H3. The number of anilines is 2. The maximum absolute atomic E-state index is 5.83. The summed E-state index contributed by atoms with van der Waals surface area (Å²) in [7, 11) is 2.08. The molecule has 0 spiro atoms. The SMILES string of the molecule is CN(Cc1c[nH]c2ccccc12)c1cccc(N)c1. The summed E-state index contributed by atoms with van der Waals surface area (Å²) >= 11 is 0. The molecule has 0 radical (unpaired) electrons. The van der Waals surface area contributed by atoms with Gasteiger partial charge in [-0.15, -0.1) is 0 Å². The first-order valence-electron chi connectivity index (χ1n) is 6.36. The number of hydrogen-bond acceptors (Lipinski definition) is 2. The van der Waals surface area contributed by atoms with Crippen LogP contribution in [0.4, 0.5) is 11.4 Å². The van der Waals surface area contributed by atoms with E-state index in [1.165, 1.54) is 16.5 Å². The first kappa shape index (κ1) is 11.7. The van der Waals surface area contributed by atoms with Gasteiger partial charge >= 0.3 is 0 Å². The molecule has 96 valence electrons. The molecule has 3 rings (SSSR count). The quantitative estimate of drug-likeness (QED) is 0.701. The number of nitrogen functional groups attached to an aromatic ring is 1. The highest BCUT2D eigenvalue weighted by molar-refractivity contribution is 5.83. The van der Waals surface area contributed by atoms with Gasteiger partial charge in [-0.2, -0.15) is 0 Å². The largest absolute Gasteiger partial charge is 0.399 e. The van der Waals surface area contributed by atoms with Crippen molar-refractivity contribution in [1.82, 2.24) is 4.98 Å². The second kappa shape index (κ2) is 4.69. The van der Waals surface area contributed by atoms with Crippen LogP contribution in [-0.4, -0.2) is 12.0 Å². The molecule has 0 unspecified atom stereocenters. The van der Waals surface area contributed by atoms with Gasteiger partial charge < -0.3 is 15.6 Å². The van der Waals surface area contributed by atoms with Gasteiger partial charge in [0, 0.05) is 42.1 Å². The highest BCUT2D eigenvalue weighted by Crippen LogP contribution is 2.22. The van der Waals surface area contributed by atoms with E-state index in [1.54, 1.807) is 0 Å². The van der Waals surface area contributed by atoms with Gasteiger partial charge in [0.05, 0.1) is 0 Å². The molecule has 2 aromatic carbocycles. The van der Waals surface area contributed by atoms with E-state index in [-0.39, 0.29) is 0 Å². The number of hydrogen-bond donors (Lipinski definition) is 2. The normalized spacial score (nSPS) is 10.8. The number of para-hydroxylation sites is 1. The average molecular weight is 251 g/mol. The molecule has 19 heavy (non-hydrogen) atoms. The Morgan fingerprint density at radius 1 is 1.11 bits per heavy atom. The van der Waals surface area contributed by atoms with Crippen LogP contribution in [0.1, 0.15) is 5.56 Å².